The van der Waals surface area contributed by atoms with E-state index in [-0.39, 0.29) is 24.0 Å². The predicted molar refractivity (Wildman–Crippen MR) is 97.9 cm³/mol. The number of ether oxygens (including phenoxy) is 1. The van der Waals surface area contributed by atoms with Crippen molar-refractivity contribution in [3.8, 4) is 0 Å². The molecule has 0 radical (unpaired) electrons. The lowest BCUT2D eigenvalue weighted by Gasteiger charge is -2.23. The Bertz CT molecular complexity index is 518. The van der Waals surface area contributed by atoms with Crippen LogP contribution in [0.15, 0.2) is 17.6 Å². The van der Waals surface area contributed by atoms with E-state index in [4.69, 9.17) is 9.73 Å². The van der Waals surface area contributed by atoms with Crippen molar-refractivity contribution in [3.63, 3.8) is 0 Å². The van der Waals surface area contributed by atoms with Crippen molar-refractivity contribution in [2.75, 3.05) is 26.2 Å². The normalized spacial score (nSPS) is 32.0. The molecule has 1 aromatic rings. The summed E-state index contributed by atoms with van der Waals surface area (Å²) in [5.74, 6) is 2.45. The first-order valence-corrected chi connectivity index (χ1v) is 8.36. The number of aromatic nitrogens is 3. The molecule has 8 heteroatoms. The summed E-state index contributed by atoms with van der Waals surface area (Å²) in [6, 6.07) is 0. The average Bonchev–Trinajstić information content (AvgIpc) is 3.27. The van der Waals surface area contributed by atoms with Crippen molar-refractivity contribution in [3.05, 3.63) is 12.7 Å². The number of aliphatic imine (C=N–C) groups is 1. The summed E-state index contributed by atoms with van der Waals surface area (Å²) in [7, 11) is 0. The second kappa shape index (κ2) is 7.33. The minimum Gasteiger partial charge on any atom is -0.374 e. The molecule has 4 heterocycles. The zero-order valence-electron chi connectivity index (χ0n) is 13.5. The summed E-state index contributed by atoms with van der Waals surface area (Å²) in [4.78, 5) is 11.2. The van der Waals surface area contributed by atoms with Gasteiger partial charge >= 0.3 is 0 Å². The molecule has 4 unspecified atom stereocenters. The van der Waals surface area contributed by atoms with Crippen LogP contribution in [0.2, 0.25) is 0 Å². The number of likely N-dealkylation sites (tertiary alicyclic amines) is 1. The molecule has 0 saturated carbocycles. The highest BCUT2D eigenvalue weighted by molar-refractivity contribution is 14.0. The van der Waals surface area contributed by atoms with Crippen LogP contribution >= 0.6 is 24.0 Å². The third-order valence-electron chi connectivity index (χ3n) is 5.14. The van der Waals surface area contributed by atoms with Gasteiger partial charge in [-0.1, -0.05) is 0 Å². The van der Waals surface area contributed by atoms with Gasteiger partial charge in [0.05, 0.1) is 25.3 Å². The van der Waals surface area contributed by atoms with Crippen LogP contribution in [0.3, 0.4) is 0 Å². The van der Waals surface area contributed by atoms with E-state index >= 15 is 0 Å². The number of rotatable bonds is 4. The van der Waals surface area contributed by atoms with E-state index in [0.29, 0.717) is 24.0 Å². The molecule has 0 aliphatic carbocycles. The number of nitrogens with zero attached hydrogens (tertiary/aromatic N) is 5. The smallest absolute Gasteiger partial charge is 0.194 e. The van der Waals surface area contributed by atoms with Gasteiger partial charge in [-0.05, 0) is 19.8 Å². The fourth-order valence-corrected chi connectivity index (χ4v) is 4.17. The zero-order chi connectivity index (χ0) is 14.9. The van der Waals surface area contributed by atoms with E-state index < -0.39 is 0 Å². The van der Waals surface area contributed by atoms with Gasteiger partial charge in [0.25, 0.3) is 0 Å². The largest absolute Gasteiger partial charge is 0.374 e. The van der Waals surface area contributed by atoms with Crippen molar-refractivity contribution in [2.45, 2.75) is 38.5 Å². The fourth-order valence-electron chi connectivity index (χ4n) is 4.17. The molecule has 23 heavy (non-hydrogen) atoms. The van der Waals surface area contributed by atoms with Crippen LogP contribution in [0.4, 0.5) is 0 Å². The summed E-state index contributed by atoms with van der Waals surface area (Å²) in [6.07, 6.45) is 6.79. The van der Waals surface area contributed by atoms with Gasteiger partial charge < -0.3 is 15.0 Å². The number of guanidine groups is 1. The van der Waals surface area contributed by atoms with Crippen molar-refractivity contribution < 1.29 is 4.74 Å². The van der Waals surface area contributed by atoms with Gasteiger partial charge in [0.1, 0.15) is 12.7 Å². The Hall–Kier alpha value is -0.900. The number of nitrogens with one attached hydrogen (secondary N) is 1. The van der Waals surface area contributed by atoms with Gasteiger partial charge in [-0.2, -0.15) is 5.10 Å². The zero-order valence-corrected chi connectivity index (χ0v) is 15.8. The Labute approximate surface area is 153 Å². The quantitative estimate of drug-likeness (QED) is 0.437. The van der Waals surface area contributed by atoms with E-state index in [0.717, 1.165) is 38.7 Å². The Morgan fingerprint density at radius 1 is 1.30 bits per heavy atom. The van der Waals surface area contributed by atoms with E-state index in [2.05, 4.69) is 27.2 Å². The summed E-state index contributed by atoms with van der Waals surface area (Å²) >= 11 is 0. The maximum atomic E-state index is 6.05. The van der Waals surface area contributed by atoms with Gasteiger partial charge in [0, 0.05) is 31.5 Å². The van der Waals surface area contributed by atoms with Gasteiger partial charge in [0.2, 0.25) is 0 Å². The van der Waals surface area contributed by atoms with Crippen LogP contribution in [-0.2, 0) is 11.3 Å². The Morgan fingerprint density at radius 3 is 2.65 bits per heavy atom. The van der Waals surface area contributed by atoms with E-state index in [1.165, 1.54) is 12.8 Å². The molecule has 7 nitrogen and oxygen atoms in total. The molecule has 1 aromatic heterocycles. The summed E-state index contributed by atoms with van der Waals surface area (Å²) in [5.41, 5.74) is 0. The van der Waals surface area contributed by atoms with Crippen molar-refractivity contribution in [2.24, 2.45) is 16.8 Å². The minimum atomic E-state index is 0. The molecule has 3 saturated heterocycles. The molecule has 1 N–H and O–H groups in total. The van der Waals surface area contributed by atoms with Gasteiger partial charge in [0.15, 0.2) is 5.96 Å². The first-order valence-electron chi connectivity index (χ1n) is 8.36. The van der Waals surface area contributed by atoms with Gasteiger partial charge in [-0.15, -0.1) is 24.0 Å². The lowest BCUT2D eigenvalue weighted by atomic mass is 9.82. The maximum Gasteiger partial charge on any atom is 0.194 e. The summed E-state index contributed by atoms with van der Waals surface area (Å²) in [6.45, 7) is 6.68. The molecule has 0 aromatic carbocycles. The fraction of sp³-hybridized carbons (Fsp3) is 0.800. The van der Waals surface area contributed by atoms with E-state index in [9.17, 15) is 0 Å². The Morgan fingerprint density at radius 2 is 2.04 bits per heavy atom. The molecular formula is C15H25IN6O. The van der Waals surface area contributed by atoms with Gasteiger partial charge in [-0.3, -0.25) is 9.67 Å². The third-order valence-corrected chi connectivity index (χ3v) is 5.14. The van der Waals surface area contributed by atoms with Gasteiger partial charge in [-0.25, -0.2) is 4.98 Å². The summed E-state index contributed by atoms with van der Waals surface area (Å²) < 4.78 is 7.87. The topological polar surface area (TPSA) is 67.6 Å². The minimum absolute atomic E-state index is 0. The standard InChI is InChI=1S/C15H24N6O.HI/c1-2-17-15(18-5-6-21-10-16-9-19-21)20-7-11-12(8-20)14-4-3-13(11)22-14;/h9-14H,2-8H2,1H3,(H,17,18);1H. The molecule has 3 aliphatic rings. The molecule has 3 aliphatic heterocycles. The lowest BCUT2D eigenvalue weighted by Crippen LogP contribution is -2.41. The molecule has 128 valence electrons. The number of hydrogen-bond donors (Lipinski definition) is 1. The molecule has 0 spiro atoms. The van der Waals surface area contributed by atoms with Crippen molar-refractivity contribution in [1.82, 2.24) is 25.0 Å². The predicted octanol–water partition coefficient (Wildman–Crippen LogP) is 0.971. The summed E-state index contributed by atoms with van der Waals surface area (Å²) in [5, 5.41) is 7.55. The first kappa shape index (κ1) is 16.9. The van der Waals surface area contributed by atoms with Crippen LogP contribution in [-0.4, -0.2) is 64.0 Å². The van der Waals surface area contributed by atoms with Crippen molar-refractivity contribution >= 4 is 29.9 Å². The number of hydrogen-bond acceptors (Lipinski definition) is 4. The lowest BCUT2D eigenvalue weighted by molar-refractivity contribution is 0.0767. The highest BCUT2D eigenvalue weighted by Crippen LogP contribution is 2.47. The van der Waals surface area contributed by atoms with Crippen LogP contribution in [0.25, 0.3) is 0 Å². The second-order valence-corrected chi connectivity index (χ2v) is 6.42. The highest BCUT2D eigenvalue weighted by atomic mass is 127. The Kier molecular flexibility index (Phi) is 5.40. The molecule has 4 rings (SSSR count). The Balaban J connectivity index is 0.00000156. The van der Waals surface area contributed by atoms with E-state index in [1.54, 1.807) is 12.7 Å². The van der Waals surface area contributed by atoms with Crippen LogP contribution in [0, 0.1) is 11.8 Å². The number of fused-ring (bicyclic) bond motifs is 5. The number of halogens is 1. The second-order valence-electron chi connectivity index (χ2n) is 6.42. The molecule has 4 atom stereocenters. The SMILES string of the molecule is CCNC(=NCCn1cncn1)N1CC2C3CCC(O3)C2C1.I. The first-order chi connectivity index (χ1) is 10.8. The average molecular weight is 432 g/mol. The van der Waals surface area contributed by atoms with Crippen LogP contribution in [0.1, 0.15) is 19.8 Å². The third kappa shape index (κ3) is 3.33. The highest BCUT2D eigenvalue weighted by Gasteiger charge is 2.53. The van der Waals surface area contributed by atoms with E-state index in [1.807, 2.05) is 4.68 Å². The van der Waals surface area contributed by atoms with Crippen LogP contribution < -0.4 is 5.32 Å². The molecule has 0 amide bonds. The molecule has 3 fully saturated rings. The molecular weight excluding hydrogens is 407 g/mol. The monoisotopic (exact) mass is 432 g/mol. The van der Waals surface area contributed by atoms with Crippen molar-refractivity contribution in [1.29, 1.82) is 0 Å². The molecule has 2 bridgehead atoms. The van der Waals surface area contributed by atoms with Crippen LogP contribution in [0.5, 0.6) is 0 Å². The maximum absolute atomic E-state index is 6.05.